The van der Waals surface area contributed by atoms with Crippen molar-refractivity contribution in [3.05, 3.63) is 10.6 Å². The summed E-state index contributed by atoms with van der Waals surface area (Å²) in [6, 6.07) is 0. The van der Waals surface area contributed by atoms with Crippen molar-refractivity contribution in [3.63, 3.8) is 0 Å². The van der Waals surface area contributed by atoms with Crippen molar-refractivity contribution in [1.29, 1.82) is 0 Å². The molecule has 19 heavy (non-hydrogen) atoms. The lowest BCUT2D eigenvalue weighted by molar-refractivity contribution is -0.115. The number of rotatable bonds is 4. The molecule has 0 saturated heterocycles. The molecule has 0 spiro atoms. The molecular formula is C10H14N6OS2. The normalized spacial score (nSPS) is 12.4. The van der Waals surface area contributed by atoms with Crippen LogP contribution in [0.1, 0.15) is 17.5 Å². The van der Waals surface area contributed by atoms with Gasteiger partial charge in [-0.2, -0.15) is 0 Å². The van der Waals surface area contributed by atoms with Crippen LogP contribution in [-0.4, -0.2) is 36.3 Å². The Morgan fingerprint density at radius 2 is 2.21 bits per heavy atom. The van der Waals surface area contributed by atoms with Gasteiger partial charge in [0.25, 0.3) is 0 Å². The summed E-state index contributed by atoms with van der Waals surface area (Å²) < 4.78 is 1.53. The van der Waals surface area contributed by atoms with E-state index in [1.165, 1.54) is 27.8 Å². The summed E-state index contributed by atoms with van der Waals surface area (Å²) in [5, 5.41) is 14.8. The minimum Gasteiger partial charge on any atom is -0.301 e. The fourth-order valence-corrected chi connectivity index (χ4v) is 2.84. The molecule has 1 amide bonds. The smallest absolute Gasteiger partial charge is 0.239 e. The van der Waals surface area contributed by atoms with E-state index in [2.05, 4.69) is 25.8 Å². The fraction of sp³-hybridized carbons (Fsp3) is 0.500. The van der Waals surface area contributed by atoms with Crippen LogP contribution in [0.3, 0.4) is 0 Å². The van der Waals surface area contributed by atoms with Gasteiger partial charge in [-0.15, -0.1) is 16.4 Å². The fourth-order valence-electron chi connectivity index (χ4n) is 1.27. The molecule has 102 valence electrons. The van der Waals surface area contributed by atoms with Gasteiger partial charge < -0.3 is 5.32 Å². The highest BCUT2D eigenvalue weighted by Gasteiger charge is 2.19. The van der Waals surface area contributed by atoms with E-state index in [1.807, 2.05) is 20.8 Å². The molecule has 7 nitrogen and oxygen atoms in total. The van der Waals surface area contributed by atoms with Crippen LogP contribution < -0.4 is 5.32 Å². The van der Waals surface area contributed by atoms with Crippen molar-refractivity contribution in [2.75, 3.05) is 5.32 Å². The van der Waals surface area contributed by atoms with E-state index in [-0.39, 0.29) is 11.2 Å². The molecule has 0 fully saturated rings. The third-order valence-corrected chi connectivity index (χ3v) is 4.60. The van der Waals surface area contributed by atoms with Gasteiger partial charge >= 0.3 is 0 Å². The molecule has 1 N–H and O–H groups in total. The maximum Gasteiger partial charge on any atom is 0.239 e. The maximum atomic E-state index is 12.0. The van der Waals surface area contributed by atoms with Crippen molar-refractivity contribution < 1.29 is 4.79 Å². The minimum absolute atomic E-state index is 0.109. The molecule has 0 saturated carbocycles. The largest absolute Gasteiger partial charge is 0.301 e. The second-order valence-corrected chi connectivity index (χ2v) is 6.51. The van der Waals surface area contributed by atoms with Crippen LogP contribution >= 0.6 is 23.1 Å². The first-order chi connectivity index (χ1) is 8.97. The molecule has 2 rings (SSSR count). The number of nitrogens with one attached hydrogen (secondary N) is 1. The molecule has 0 aliphatic heterocycles. The van der Waals surface area contributed by atoms with Crippen molar-refractivity contribution in [3.8, 4) is 0 Å². The summed E-state index contributed by atoms with van der Waals surface area (Å²) in [6.07, 6.45) is 0. The molecule has 2 aromatic heterocycles. The average molecular weight is 298 g/mol. The Hall–Kier alpha value is -1.48. The highest BCUT2D eigenvalue weighted by molar-refractivity contribution is 8.00. The molecule has 1 atom stereocenters. The summed E-state index contributed by atoms with van der Waals surface area (Å²) >= 11 is 2.78. The SMILES string of the molecule is Cc1nc(NC(=O)C(C)Sc2nnnn2C)sc1C. The molecule has 2 aromatic rings. The van der Waals surface area contributed by atoms with E-state index < -0.39 is 0 Å². The summed E-state index contributed by atoms with van der Waals surface area (Å²) in [5.74, 6) is -0.109. The molecule has 2 heterocycles. The number of carbonyl (C=O) groups excluding carboxylic acids is 1. The molecule has 0 aliphatic rings. The molecule has 1 unspecified atom stereocenters. The van der Waals surface area contributed by atoms with Crippen LogP contribution in [0.5, 0.6) is 0 Å². The van der Waals surface area contributed by atoms with Crippen LogP contribution in [0.4, 0.5) is 5.13 Å². The summed E-state index contributed by atoms with van der Waals surface area (Å²) in [6.45, 7) is 5.71. The number of aromatic nitrogens is 5. The van der Waals surface area contributed by atoms with Gasteiger partial charge in [-0.25, -0.2) is 9.67 Å². The van der Waals surface area contributed by atoms with Crippen LogP contribution in [0.15, 0.2) is 5.16 Å². The van der Waals surface area contributed by atoms with Crippen molar-refractivity contribution in [1.82, 2.24) is 25.2 Å². The predicted octanol–water partition coefficient (Wildman–Crippen LogP) is 1.40. The van der Waals surface area contributed by atoms with Gasteiger partial charge in [-0.3, -0.25) is 4.79 Å². The zero-order valence-corrected chi connectivity index (χ0v) is 12.7. The molecule has 0 aromatic carbocycles. The zero-order chi connectivity index (χ0) is 14.0. The highest BCUT2D eigenvalue weighted by Crippen LogP contribution is 2.24. The van der Waals surface area contributed by atoms with E-state index in [9.17, 15) is 4.79 Å². The minimum atomic E-state index is -0.297. The van der Waals surface area contributed by atoms with E-state index >= 15 is 0 Å². The van der Waals surface area contributed by atoms with Gasteiger partial charge in [0, 0.05) is 11.9 Å². The van der Waals surface area contributed by atoms with Crippen molar-refractivity contribution >= 4 is 34.1 Å². The van der Waals surface area contributed by atoms with Gasteiger partial charge in [0.05, 0.1) is 10.9 Å². The topological polar surface area (TPSA) is 85.6 Å². The van der Waals surface area contributed by atoms with Crippen LogP contribution in [0.2, 0.25) is 0 Å². The molecule has 0 bridgehead atoms. The number of carbonyl (C=O) groups is 1. The summed E-state index contributed by atoms with van der Waals surface area (Å²) in [5.41, 5.74) is 0.943. The van der Waals surface area contributed by atoms with E-state index in [4.69, 9.17) is 0 Å². The average Bonchev–Trinajstić information content (AvgIpc) is 2.87. The quantitative estimate of drug-likeness (QED) is 0.859. The highest BCUT2D eigenvalue weighted by atomic mass is 32.2. The first-order valence-electron chi connectivity index (χ1n) is 5.61. The van der Waals surface area contributed by atoms with E-state index in [1.54, 1.807) is 7.05 Å². The first kappa shape index (κ1) is 13.9. The monoisotopic (exact) mass is 298 g/mol. The van der Waals surface area contributed by atoms with Crippen molar-refractivity contribution in [2.24, 2.45) is 7.05 Å². The number of thioether (sulfide) groups is 1. The number of nitrogens with zero attached hydrogens (tertiary/aromatic N) is 5. The molecule has 0 aliphatic carbocycles. The van der Waals surface area contributed by atoms with Gasteiger partial charge in [0.2, 0.25) is 11.1 Å². The van der Waals surface area contributed by atoms with Gasteiger partial charge in [0.1, 0.15) is 0 Å². The predicted molar refractivity (Wildman–Crippen MR) is 74.3 cm³/mol. The maximum absolute atomic E-state index is 12.0. The molecule has 9 heteroatoms. The standard InChI is InChI=1S/C10H14N6OS2/c1-5-6(2)18-9(11-5)12-8(17)7(3)19-10-13-14-15-16(10)4/h7H,1-4H3,(H,11,12,17). The van der Waals surface area contributed by atoms with Crippen molar-refractivity contribution in [2.45, 2.75) is 31.2 Å². The lowest BCUT2D eigenvalue weighted by Gasteiger charge is -2.08. The number of amides is 1. The lowest BCUT2D eigenvalue weighted by Crippen LogP contribution is -2.22. The second kappa shape index (κ2) is 5.66. The van der Waals surface area contributed by atoms with Gasteiger partial charge in [-0.1, -0.05) is 11.8 Å². The second-order valence-electron chi connectivity index (χ2n) is 4.00. The third-order valence-electron chi connectivity index (χ3n) is 2.49. The van der Waals surface area contributed by atoms with Gasteiger partial charge in [-0.05, 0) is 31.2 Å². The summed E-state index contributed by atoms with van der Waals surface area (Å²) in [4.78, 5) is 17.4. The van der Waals surface area contributed by atoms with Crippen LogP contribution in [0, 0.1) is 13.8 Å². The Bertz CT molecular complexity index is 573. The Morgan fingerprint density at radius 3 is 2.74 bits per heavy atom. The van der Waals surface area contributed by atoms with E-state index in [0.29, 0.717) is 10.3 Å². The first-order valence-corrected chi connectivity index (χ1v) is 7.31. The van der Waals surface area contributed by atoms with Crippen LogP contribution in [-0.2, 0) is 11.8 Å². The number of thiazole rings is 1. The Balaban J connectivity index is 1.98. The number of hydrogen-bond acceptors (Lipinski definition) is 7. The number of anilines is 1. The third kappa shape index (κ3) is 3.29. The zero-order valence-electron chi connectivity index (χ0n) is 11.0. The number of tetrazole rings is 1. The molecule has 0 radical (unpaired) electrons. The molecular weight excluding hydrogens is 284 g/mol. The lowest BCUT2D eigenvalue weighted by atomic mass is 10.4. The number of hydrogen-bond donors (Lipinski definition) is 1. The summed E-state index contributed by atoms with van der Waals surface area (Å²) in [7, 11) is 1.74. The number of aryl methyl sites for hydroxylation is 3. The van der Waals surface area contributed by atoms with E-state index in [0.717, 1.165) is 10.6 Å². The van der Waals surface area contributed by atoms with Crippen LogP contribution in [0.25, 0.3) is 0 Å². The Morgan fingerprint density at radius 1 is 1.47 bits per heavy atom. The Kier molecular flexibility index (Phi) is 4.15. The Labute approximate surface area is 118 Å². The van der Waals surface area contributed by atoms with Gasteiger partial charge in [0.15, 0.2) is 5.13 Å².